The van der Waals surface area contributed by atoms with E-state index in [-0.39, 0.29) is 29.3 Å². The van der Waals surface area contributed by atoms with Crippen molar-refractivity contribution in [2.24, 2.45) is 5.92 Å². The molecule has 4 N–H and O–H groups in total. The number of rotatable bonds is 7. The molecular weight excluding hydrogens is 374 g/mol. The minimum absolute atomic E-state index is 0.0336. The molecule has 2 rings (SSSR count). The molecule has 1 aromatic heterocycles. The molecular formula is C20H33N5O4. The lowest BCUT2D eigenvalue weighted by Gasteiger charge is -2.25. The van der Waals surface area contributed by atoms with Crippen molar-refractivity contribution in [2.45, 2.75) is 71.6 Å². The fourth-order valence-electron chi connectivity index (χ4n) is 3.15. The molecule has 29 heavy (non-hydrogen) atoms. The minimum atomic E-state index is -0.821. The second-order valence-electron chi connectivity index (χ2n) is 8.81. The maximum absolute atomic E-state index is 12.8. The van der Waals surface area contributed by atoms with Crippen LogP contribution < -0.4 is 16.0 Å². The van der Waals surface area contributed by atoms with Gasteiger partial charge in [0.2, 0.25) is 0 Å². The number of esters is 1. The van der Waals surface area contributed by atoms with E-state index in [1.807, 2.05) is 13.8 Å². The molecule has 1 saturated heterocycles. The van der Waals surface area contributed by atoms with Crippen molar-refractivity contribution in [3.05, 3.63) is 17.7 Å². The molecule has 1 aromatic rings. The summed E-state index contributed by atoms with van der Waals surface area (Å²) in [7, 11) is 0. The molecule has 2 amide bonds. The van der Waals surface area contributed by atoms with Gasteiger partial charge in [-0.1, -0.05) is 13.8 Å². The fourth-order valence-corrected chi connectivity index (χ4v) is 3.15. The first kappa shape index (κ1) is 22.9. The summed E-state index contributed by atoms with van der Waals surface area (Å²) in [5.41, 5.74) is -0.606. The predicted molar refractivity (Wildman–Crippen MR) is 108 cm³/mol. The van der Waals surface area contributed by atoms with Crippen LogP contribution in [0.3, 0.4) is 0 Å². The number of nitrogens with one attached hydrogen (secondary N) is 4. The number of carbonyl (C=O) groups is 3. The van der Waals surface area contributed by atoms with E-state index in [0.717, 1.165) is 25.9 Å². The van der Waals surface area contributed by atoms with Crippen molar-refractivity contribution in [2.75, 3.05) is 13.1 Å². The fraction of sp³-hybridized carbons (Fsp3) is 0.700. The normalized spacial score (nSPS) is 16.3. The van der Waals surface area contributed by atoms with E-state index in [1.165, 1.54) is 6.33 Å². The number of imidazole rings is 1. The summed E-state index contributed by atoms with van der Waals surface area (Å²) in [6.07, 6.45) is 3.38. The Bertz CT molecular complexity index is 717. The zero-order chi connectivity index (χ0) is 21.6. The molecule has 1 aliphatic rings. The number of hydrogen-bond donors (Lipinski definition) is 4. The second kappa shape index (κ2) is 9.87. The Hall–Kier alpha value is -2.42. The van der Waals surface area contributed by atoms with E-state index < -0.39 is 23.5 Å². The highest BCUT2D eigenvalue weighted by molar-refractivity contribution is 6.05. The van der Waals surface area contributed by atoms with Crippen LogP contribution in [0.15, 0.2) is 6.33 Å². The molecule has 2 heterocycles. The highest BCUT2D eigenvalue weighted by Gasteiger charge is 2.30. The summed E-state index contributed by atoms with van der Waals surface area (Å²) < 4.78 is 5.43. The zero-order valence-corrected chi connectivity index (χ0v) is 17.9. The minimum Gasteiger partial charge on any atom is -0.458 e. The number of carbonyl (C=O) groups excluding carboxylic acids is 3. The molecule has 1 aliphatic heterocycles. The smallest absolute Gasteiger partial charge is 0.329 e. The van der Waals surface area contributed by atoms with Gasteiger partial charge in [0.1, 0.15) is 17.3 Å². The van der Waals surface area contributed by atoms with Gasteiger partial charge in [0.15, 0.2) is 5.69 Å². The van der Waals surface area contributed by atoms with Crippen molar-refractivity contribution in [1.29, 1.82) is 0 Å². The molecule has 0 aromatic carbocycles. The maximum Gasteiger partial charge on any atom is 0.329 e. The molecule has 9 nitrogen and oxygen atoms in total. The number of amides is 2. The average Bonchev–Trinajstić information content (AvgIpc) is 3.10. The predicted octanol–water partition coefficient (Wildman–Crippen LogP) is 1.38. The number of nitrogens with zero attached hydrogens (tertiary/aromatic N) is 1. The van der Waals surface area contributed by atoms with Crippen LogP contribution in [-0.2, 0) is 9.53 Å². The first-order chi connectivity index (χ1) is 13.6. The lowest BCUT2D eigenvalue weighted by atomic mass is 10.0. The van der Waals surface area contributed by atoms with E-state index in [4.69, 9.17) is 4.74 Å². The van der Waals surface area contributed by atoms with E-state index >= 15 is 0 Å². The van der Waals surface area contributed by atoms with E-state index in [1.54, 1.807) is 20.8 Å². The van der Waals surface area contributed by atoms with Crippen LogP contribution in [0.5, 0.6) is 0 Å². The summed E-state index contributed by atoms with van der Waals surface area (Å²) in [6.45, 7) is 10.9. The largest absolute Gasteiger partial charge is 0.458 e. The summed E-state index contributed by atoms with van der Waals surface area (Å²) in [6, 6.07) is -0.767. The molecule has 0 unspecified atom stereocenters. The molecule has 0 saturated carbocycles. The third-order valence-corrected chi connectivity index (χ3v) is 4.46. The standard InChI is InChI=1S/C20H33N5O4/c1-12(2)10-14(19(28)29-20(3,4)5)25-18(27)16-15(22-11-23-16)17(26)24-13-6-8-21-9-7-13/h11-14,21H,6-10H2,1-5H3,(H,22,23)(H,24,26)(H,25,27)/t14-/m0/s1. The first-order valence-electron chi connectivity index (χ1n) is 10.2. The Morgan fingerprint density at radius 3 is 2.45 bits per heavy atom. The highest BCUT2D eigenvalue weighted by atomic mass is 16.6. The van der Waals surface area contributed by atoms with Crippen LogP contribution in [0, 0.1) is 5.92 Å². The van der Waals surface area contributed by atoms with Crippen molar-refractivity contribution < 1.29 is 19.1 Å². The highest BCUT2D eigenvalue weighted by Crippen LogP contribution is 2.14. The van der Waals surface area contributed by atoms with Crippen LogP contribution >= 0.6 is 0 Å². The SMILES string of the molecule is CC(C)C[C@H](NC(=O)c1nc[nH]c1C(=O)NC1CCNCC1)C(=O)OC(C)(C)C. The van der Waals surface area contributed by atoms with E-state index in [0.29, 0.717) is 6.42 Å². The third-order valence-electron chi connectivity index (χ3n) is 4.46. The van der Waals surface area contributed by atoms with Gasteiger partial charge in [0, 0.05) is 6.04 Å². The van der Waals surface area contributed by atoms with Crippen LogP contribution in [0.2, 0.25) is 0 Å². The summed E-state index contributed by atoms with van der Waals surface area (Å²) in [4.78, 5) is 44.7. The van der Waals surface area contributed by atoms with E-state index in [9.17, 15) is 14.4 Å². The van der Waals surface area contributed by atoms with Crippen molar-refractivity contribution in [1.82, 2.24) is 25.9 Å². The molecule has 0 bridgehead atoms. The van der Waals surface area contributed by atoms with Gasteiger partial charge in [-0.3, -0.25) is 9.59 Å². The number of H-pyrrole nitrogens is 1. The number of piperidine rings is 1. The second-order valence-corrected chi connectivity index (χ2v) is 8.81. The van der Waals surface area contributed by atoms with Gasteiger partial charge in [0.25, 0.3) is 11.8 Å². The van der Waals surface area contributed by atoms with Gasteiger partial charge in [-0.2, -0.15) is 0 Å². The lowest BCUT2D eigenvalue weighted by molar-refractivity contribution is -0.157. The Morgan fingerprint density at radius 1 is 1.21 bits per heavy atom. The van der Waals surface area contributed by atoms with Crippen molar-refractivity contribution in [3.8, 4) is 0 Å². The number of ether oxygens (including phenoxy) is 1. The van der Waals surface area contributed by atoms with Crippen LogP contribution in [-0.4, -0.2) is 58.5 Å². The quantitative estimate of drug-likeness (QED) is 0.506. The van der Waals surface area contributed by atoms with Gasteiger partial charge < -0.3 is 25.7 Å². The molecule has 1 fully saturated rings. The molecule has 162 valence electrons. The summed E-state index contributed by atoms with van der Waals surface area (Å²) in [5, 5.41) is 8.86. The zero-order valence-electron chi connectivity index (χ0n) is 17.9. The maximum atomic E-state index is 12.8. The van der Waals surface area contributed by atoms with Crippen molar-refractivity contribution >= 4 is 17.8 Å². The first-order valence-corrected chi connectivity index (χ1v) is 10.2. The number of aromatic amines is 1. The number of hydrogen-bond acceptors (Lipinski definition) is 6. The monoisotopic (exact) mass is 407 g/mol. The molecule has 9 heteroatoms. The summed E-state index contributed by atoms with van der Waals surface area (Å²) in [5.74, 6) is -1.30. The Kier molecular flexibility index (Phi) is 7.78. The summed E-state index contributed by atoms with van der Waals surface area (Å²) >= 11 is 0. The van der Waals surface area contributed by atoms with Gasteiger partial charge >= 0.3 is 5.97 Å². The lowest BCUT2D eigenvalue weighted by Crippen LogP contribution is -2.46. The van der Waals surface area contributed by atoms with E-state index in [2.05, 4.69) is 25.9 Å². The van der Waals surface area contributed by atoms with Crippen LogP contribution in [0.4, 0.5) is 0 Å². The Balaban J connectivity index is 2.08. The third kappa shape index (κ3) is 7.16. The van der Waals surface area contributed by atoms with Crippen molar-refractivity contribution in [3.63, 3.8) is 0 Å². The van der Waals surface area contributed by atoms with Gasteiger partial charge in [-0.05, 0) is 59.0 Å². The molecule has 1 atom stereocenters. The Morgan fingerprint density at radius 2 is 1.86 bits per heavy atom. The Labute approximate surface area is 171 Å². The van der Waals surface area contributed by atoms with Crippen LogP contribution in [0.25, 0.3) is 0 Å². The molecule has 0 radical (unpaired) electrons. The van der Waals surface area contributed by atoms with Gasteiger partial charge in [-0.25, -0.2) is 9.78 Å². The van der Waals surface area contributed by atoms with Gasteiger partial charge in [-0.15, -0.1) is 0 Å². The van der Waals surface area contributed by atoms with Gasteiger partial charge in [0.05, 0.1) is 6.33 Å². The topological polar surface area (TPSA) is 125 Å². The molecule has 0 spiro atoms. The van der Waals surface area contributed by atoms with Crippen LogP contribution in [0.1, 0.15) is 74.9 Å². The number of aromatic nitrogens is 2. The molecule has 0 aliphatic carbocycles. The average molecular weight is 408 g/mol.